The first kappa shape index (κ1) is 15.1. The summed E-state index contributed by atoms with van der Waals surface area (Å²) in [5.41, 5.74) is 1.93. The van der Waals surface area contributed by atoms with E-state index in [-0.39, 0.29) is 5.91 Å². The summed E-state index contributed by atoms with van der Waals surface area (Å²) >= 11 is 5.21. The molecule has 1 aliphatic rings. The van der Waals surface area contributed by atoms with E-state index >= 15 is 0 Å². The number of aromatic nitrogens is 1. The van der Waals surface area contributed by atoms with Crippen molar-refractivity contribution in [1.82, 2.24) is 9.88 Å². The number of halogens is 1. The van der Waals surface area contributed by atoms with Gasteiger partial charge < -0.3 is 14.6 Å². The summed E-state index contributed by atoms with van der Waals surface area (Å²) in [6.07, 6.45) is 3.86. The van der Waals surface area contributed by atoms with Crippen molar-refractivity contribution in [2.75, 3.05) is 20.3 Å². The van der Waals surface area contributed by atoms with Gasteiger partial charge in [0.15, 0.2) is 0 Å². The topological polar surface area (TPSA) is 43.3 Å². The lowest BCUT2D eigenvalue weighted by atomic mass is 9.85. The maximum atomic E-state index is 12.4. The van der Waals surface area contributed by atoms with Crippen LogP contribution in [0, 0.1) is 5.92 Å². The first-order valence-electron chi connectivity index (χ1n) is 7.24. The third-order valence-corrected chi connectivity index (χ3v) is 5.62. The number of carbonyl (C=O) groups is 1. The van der Waals surface area contributed by atoms with Gasteiger partial charge in [-0.2, -0.15) is 0 Å². The van der Waals surface area contributed by atoms with E-state index < -0.39 is 0 Å². The summed E-state index contributed by atoms with van der Waals surface area (Å²) in [4.78, 5) is 12.4. The Morgan fingerprint density at radius 1 is 1.52 bits per heavy atom. The zero-order chi connectivity index (χ0) is 14.8. The van der Waals surface area contributed by atoms with Gasteiger partial charge in [0.2, 0.25) is 0 Å². The minimum Gasteiger partial charge on any atom is -0.383 e. The molecule has 21 heavy (non-hydrogen) atoms. The summed E-state index contributed by atoms with van der Waals surface area (Å²) in [6, 6.07) is 4.12. The zero-order valence-electron chi connectivity index (χ0n) is 12.0. The molecule has 1 amide bonds. The summed E-state index contributed by atoms with van der Waals surface area (Å²) in [5, 5.41) is 2.92. The van der Waals surface area contributed by atoms with E-state index in [1.165, 1.54) is 19.3 Å². The van der Waals surface area contributed by atoms with Crippen molar-refractivity contribution in [3.05, 3.63) is 21.6 Å². The molecule has 2 heterocycles. The Morgan fingerprint density at radius 2 is 2.33 bits per heavy atom. The van der Waals surface area contributed by atoms with Gasteiger partial charge in [-0.25, -0.2) is 0 Å². The van der Waals surface area contributed by atoms with Crippen molar-refractivity contribution in [1.29, 1.82) is 0 Å². The highest BCUT2D eigenvalue weighted by atomic mass is 79.9. The molecule has 2 aromatic rings. The van der Waals surface area contributed by atoms with Crippen LogP contribution in [0.15, 0.2) is 15.9 Å². The highest BCUT2D eigenvalue weighted by molar-refractivity contribution is 9.11. The molecule has 114 valence electrons. The molecular formula is C15H19BrN2O2S. The van der Waals surface area contributed by atoms with Gasteiger partial charge in [-0.05, 0) is 46.8 Å². The number of ether oxygens (including phenoxy) is 1. The van der Waals surface area contributed by atoms with Gasteiger partial charge in [-0.15, -0.1) is 11.3 Å². The fourth-order valence-corrected chi connectivity index (χ4v) is 4.25. The van der Waals surface area contributed by atoms with Crippen LogP contribution in [0.3, 0.4) is 0 Å². The van der Waals surface area contributed by atoms with Gasteiger partial charge in [-0.3, -0.25) is 4.79 Å². The van der Waals surface area contributed by atoms with Gasteiger partial charge in [0.25, 0.3) is 5.91 Å². The number of hydrogen-bond acceptors (Lipinski definition) is 3. The number of thiophene rings is 1. The number of nitrogens with one attached hydrogen (secondary N) is 1. The summed E-state index contributed by atoms with van der Waals surface area (Å²) in [6.45, 7) is 2.02. The van der Waals surface area contributed by atoms with E-state index in [4.69, 9.17) is 4.74 Å². The Labute approximate surface area is 136 Å². The molecule has 3 rings (SSSR count). The molecule has 0 radical (unpaired) electrons. The largest absolute Gasteiger partial charge is 0.383 e. The van der Waals surface area contributed by atoms with Crippen LogP contribution in [0.25, 0.3) is 10.2 Å². The van der Waals surface area contributed by atoms with E-state index in [2.05, 4.69) is 31.9 Å². The SMILES string of the molecule is COCCNC(=O)c1cc2sc(Br)cc2n1CC1CCC1. The van der Waals surface area contributed by atoms with Crippen LogP contribution in [0.1, 0.15) is 29.8 Å². The monoisotopic (exact) mass is 370 g/mol. The number of carbonyl (C=O) groups excluding carboxylic acids is 1. The van der Waals surface area contributed by atoms with Gasteiger partial charge in [0.05, 0.1) is 20.6 Å². The third-order valence-electron chi connectivity index (χ3n) is 4.05. The van der Waals surface area contributed by atoms with E-state index in [1.807, 2.05) is 6.07 Å². The van der Waals surface area contributed by atoms with Crippen LogP contribution in [-0.2, 0) is 11.3 Å². The number of amides is 1. The molecule has 0 spiro atoms. The minimum absolute atomic E-state index is 0.00843. The smallest absolute Gasteiger partial charge is 0.268 e. The molecule has 0 saturated heterocycles. The van der Waals surface area contributed by atoms with Gasteiger partial charge in [-0.1, -0.05) is 6.42 Å². The Morgan fingerprint density at radius 3 is 3.00 bits per heavy atom. The van der Waals surface area contributed by atoms with E-state index in [9.17, 15) is 4.79 Å². The molecule has 6 heteroatoms. The molecule has 1 aliphatic carbocycles. The minimum atomic E-state index is -0.00843. The lowest BCUT2D eigenvalue weighted by Crippen LogP contribution is -2.30. The molecular weight excluding hydrogens is 352 g/mol. The molecule has 0 unspecified atom stereocenters. The van der Waals surface area contributed by atoms with Crippen LogP contribution < -0.4 is 5.32 Å². The van der Waals surface area contributed by atoms with Gasteiger partial charge >= 0.3 is 0 Å². The van der Waals surface area contributed by atoms with Crippen LogP contribution >= 0.6 is 27.3 Å². The molecule has 0 atom stereocenters. The zero-order valence-corrected chi connectivity index (χ0v) is 14.4. The highest BCUT2D eigenvalue weighted by Crippen LogP contribution is 2.35. The van der Waals surface area contributed by atoms with E-state index in [0.717, 1.165) is 26.2 Å². The first-order valence-corrected chi connectivity index (χ1v) is 8.85. The standard InChI is InChI=1S/C15H19BrN2O2S/c1-20-6-5-17-15(19)12-7-13-11(8-14(16)21-13)18(12)9-10-3-2-4-10/h7-8,10H,2-6,9H2,1H3,(H,17,19). The molecule has 0 bridgehead atoms. The molecule has 2 aromatic heterocycles. The second-order valence-electron chi connectivity index (χ2n) is 5.49. The molecule has 4 nitrogen and oxygen atoms in total. The van der Waals surface area contributed by atoms with Crippen molar-refractivity contribution in [2.45, 2.75) is 25.8 Å². The fourth-order valence-electron chi connectivity index (χ4n) is 2.69. The Kier molecular flexibility index (Phi) is 4.66. The maximum Gasteiger partial charge on any atom is 0.268 e. The molecule has 1 fully saturated rings. The molecule has 1 N–H and O–H groups in total. The van der Waals surface area contributed by atoms with Crippen LogP contribution in [0.2, 0.25) is 0 Å². The number of methoxy groups -OCH3 is 1. The second kappa shape index (κ2) is 6.50. The summed E-state index contributed by atoms with van der Waals surface area (Å²) < 4.78 is 9.44. The summed E-state index contributed by atoms with van der Waals surface area (Å²) in [7, 11) is 1.64. The van der Waals surface area contributed by atoms with Crippen molar-refractivity contribution in [3.8, 4) is 0 Å². The Hall–Kier alpha value is -0.850. The third kappa shape index (κ3) is 3.17. The first-order chi connectivity index (χ1) is 10.2. The average Bonchev–Trinajstić information content (AvgIpc) is 2.90. The molecule has 0 aliphatic heterocycles. The predicted molar refractivity (Wildman–Crippen MR) is 89.1 cm³/mol. The summed E-state index contributed by atoms with van der Waals surface area (Å²) in [5.74, 6) is 0.704. The van der Waals surface area contributed by atoms with Crippen LogP contribution in [0.4, 0.5) is 0 Å². The lowest BCUT2D eigenvalue weighted by Gasteiger charge is -2.26. The molecule has 0 aromatic carbocycles. The van der Waals surface area contributed by atoms with E-state index in [0.29, 0.717) is 19.1 Å². The predicted octanol–water partition coefficient (Wildman–Crippen LogP) is 3.64. The van der Waals surface area contributed by atoms with Crippen molar-refractivity contribution in [3.63, 3.8) is 0 Å². The number of hydrogen-bond donors (Lipinski definition) is 1. The van der Waals surface area contributed by atoms with Gasteiger partial charge in [0, 0.05) is 20.2 Å². The van der Waals surface area contributed by atoms with E-state index in [1.54, 1.807) is 18.4 Å². The van der Waals surface area contributed by atoms with Crippen molar-refractivity contribution >= 4 is 43.4 Å². The van der Waals surface area contributed by atoms with Crippen molar-refractivity contribution in [2.24, 2.45) is 5.92 Å². The van der Waals surface area contributed by atoms with Crippen LogP contribution in [-0.4, -0.2) is 30.7 Å². The Balaban J connectivity index is 1.86. The number of fused-ring (bicyclic) bond motifs is 1. The lowest BCUT2D eigenvalue weighted by molar-refractivity contribution is 0.0926. The quantitative estimate of drug-likeness (QED) is 0.788. The average molecular weight is 371 g/mol. The number of rotatable bonds is 6. The van der Waals surface area contributed by atoms with Crippen molar-refractivity contribution < 1.29 is 9.53 Å². The highest BCUT2D eigenvalue weighted by Gasteiger charge is 2.23. The number of nitrogens with zero attached hydrogens (tertiary/aromatic N) is 1. The maximum absolute atomic E-state index is 12.4. The fraction of sp³-hybridized carbons (Fsp3) is 0.533. The van der Waals surface area contributed by atoms with Gasteiger partial charge in [0.1, 0.15) is 5.69 Å². The molecule has 1 saturated carbocycles. The van der Waals surface area contributed by atoms with Crippen LogP contribution in [0.5, 0.6) is 0 Å². The normalized spacial score (nSPS) is 15.3. The second-order valence-corrected chi connectivity index (χ2v) is 7.95. The Bertz CT molecular complexity index is 645.